The summed E-state index contributed by atoms with van der Waals surface area (Å²) in [7, 11) is 0. The normalized spacial score (nSPS) is 9.58. The first-order valence-corrected chi connectivity index (χ1v) is 4.14. The zero-order chi connectivity index (χ0) is 9.56. The number of hydrogen-bond donors (Lipinski definition) is 1. The van der Waals surface area contributed by atoms with Crippen LogP contribution < -0.4 is 5.73 Å². The molecule has 0 saturated heterocycles. The van der Waals surface area contributed by atoms with Crippen molar-refractivity contribution in [2.45, 2.75) is 26.7 Å². The highest BCUT2D eigenvalue weighted by Crippen LogP contribution is 1.97. The van der Waals surface area contributed by atoms with Gasteiger partial charge in [-0.25, -0.2) is 0 Å². The van der Waals surface area contributed by atoms with Gasteiger partial charge >= 0.3 is 0 Å². The Hall–Kier alpha value is -0.900. The molecule has 0 aromatic heterocycles. The lowest BCUT2D eigenvalue weighted by molar-refractivity contribution is -0.143. The van der Waals surface area contributed by atoms with Crippen LogP contribution in [0.25, 0.3) is 0 Å². The Morgan fingerprint density at radius 2 is 2.00 bits per heavy atom. The van der Waals surface area contributed by atoms with Crippen molar-refractivity contribution in [2.75, 3.05) is 13.1 Å². The molecule has 2 amide bonds. The molecule has 70 valence electrons. The second kappa shape index (κ2) is 5.71. The Bertz CT molecular complexity index is 168. The minimum atomic E-state index is -0.223. The molecule has 4 nitrogen and oxygen atoms in total. The number of hydrogen-bond acceptors (Lipinski definition) is 3. The summed E-state index contributed by atoms with van der Waals surface area (Å²) in [6, 6.07) is 0. The highest BCUT2D eigenvalue weighted by Gasteiger charge is 2.14. The molecule has 2 N–H and O–H groups in total. The maximum atomic E-state index is 11.2. The third kappa shape index (κ3) is 3.48. The van der Waals surface area contributed by atoms with Gasteiger partial charge in [-0.15, -0.1) is 0 Å². The SMILES string of the molecule is CCCC(=O)N(CCN)C(C)=O. The molecule has 0 aromatic rings. The molecule has 0 spiro atoms. The Morgan fingerprint density at radius 3 is 2.33 bits per heavy atom. The average molecular weight is 172 g/mol. The van der Waals surface area contributed by atoms with E-state index in [1.165, 1.54) is 11.8 Å². The predicted octanol–water partition coefficient (Wildman–Crippen LogP) is 0.120. The van der Waals surface area contributed by atoms with Crippen molar-refractivity contribution in [3.05, 3.63) is 0 Å². The average Bonchev–Trinajstić information content (AvgIpc) is 1.99. The molecule has 0 aliphatic rings. The Labute approximate surface area is 72.7 Å². The van der Waals surface area contributed by atoms with Crippen LogP contribution in [-0.4, -0.2) is 29.8 Å². The van der Waals surface area contributed by atoms with Crippen LogP contribution in [0, 0.1) is 0 Å². The van der Waals surface area contributed by atoms with Crippen molar-refractivity contribution in [1.82, 2.24) is 4.90 Å². The van der Waals surface area contributed by atoms with Crippen LogP contribution in [0.2, 0.25) is 0 Å². The number of nitrogens with zero attached hydrogens (tertiary/aromatic N) is 1. The molecular formula is C8H16N2O2. The van der Waals surface area contributed by atoms with E-state index in [1.807, 2.05) is 6.92 Å². The molecule has 0 heterocycles. The van der Waals surface area contributed by atoms with E-state index in [9.17, 15) is 9.59 Å². The maximum Gasteiger partial charge on any atom is 0.229 e. The van der Waals surface area contributed by atoms with Gasteiger partial charge in [0, 0.05) is 26.4 Å². The minimum Gasteiger partial charge on any atom is -0.329 e. The molecule has 0 aliphatic heterocycles. The fourth-order valence-electron chi connectivity index (χ4n) is 0.936. The third-order valence-corrected chi connectivity index (χ3v) is 1.50. The van der Waals surface area contributed by atoms with Gasteiger partial charge in [-0.05, 0) is 6.42 Å². The second-order valence-electron chi connectivity index (χ2n) is 2.60. The van der Waals surface area contributed by atoms with Crippen LogP contribution in [0.1, 0.15) is 26.7 Å². The zero-order valence-electron chi connectivity index (χ0n) is 7.67. The van der Waals surface area contributed by atoms with Crippen molar-refractivity contribution in [2.24, 2.45) is 5.73 Å². The van der Waals surface area contributed by atoms with Gasteiger partial charge in [0.05, 0.1) is 0 Å². The predicted molar refractivity (Wildman–Crippen MR) is 46.4 cm³/mol. The second-order valence-corrected chi connectivity index (χ2v) is 2.60. The van der Waals surface area contributed by atoms with Gasteiger partial charge in [0.2, 0.25) is 11.8 Å². The molecule has 0 fully saturated rings. The number of nitrogens with two attached hydrogens (primary N) is 1. The van der Waals surface area contributed by atoms with Crippen LogP contribution in [-0.2, 0) is 9.59 Å². The lowest BCUT2D eigenvalue weighted by Crippen LogP contribution is -2.38. The van der Waals surface area contributed by atoms with E-state index in [1.54, 1.807) is 0 Å². The summed E-state index contributed by atoms with van der Waals surface area (Å²) in [4.78, 5) is 23.3. The summed E-state index contributed by atoms with van der Waals surface area (Å²) in [6.45, 7) is 3.94. The molecule has 12 heavy (non-hydrogen) atoms. The smallest absolute Gasteiger partial charge is 0.229 e. The molecule has 4 heteroatoms. The quantitative estimate of drug-likeness (QED) is 0.655. The van der Waals surface area contributed by atoms with Gasteiger partial charge in [0.1, 0.15) is 0 Å². The first-order chi connectivity index (χ1) is 5.63. The maximum absolute atomic E-state index is 11.2. The van der Waals surface area contributed by atoms with Crippen LogP contribution in [0.15, 0.2) is 0 Å². The Balaban J connectivity index is 4.09. The van der Waals surface area contributed by atoms with Crippen LogP contribution in [0.4, 0.5) is 0 Å². The summed E-state index contributed by atoms with van der Waals surface area (Å²) in [5, 5.41) is 0. The van der Waals surface area contributed by atoms with E-state index >= 15 is 0 Å². The molecule has 0 unspecified atom stereocenters. The summed E-state index contributed by atoms with van der Waals surface area (Å²) in [5.74, 6) is -0.352. The van der Waals surface area contributed by atoms with Gasteiger partial charge in [-0.2, -0.15) is 0 Å². The van der Waals surface area contributed by atoms with E-state index < -0.39 is 0 Å². The lowest BCUT2D eigenvalue weighted by Gasteiger charge is -2.17. The van der Waals surface area contributed by atoms with Crippen molar-refractivity contribution < 1.29 is 9.59 Å². The number of rotatable bonds is 4. The van der Waals surface area contributed by atoms with Crippen molar-refractivity contribution in [1.29, 1.82) is 0 Å². The standard InChI is InChI=1S/C8H16N2O2/c1-3-4-8(12)10(6-5-9)7(2)11/h3-6,9H2,1-2H3. The lowest BCUT2D eigenvalue weighted by atomic mass is 10.3. The Kier molecular flexibility index (Phi) is 5.28. The molecule has 0 aromatic carbocycles. The summed E-state index contributed by atoms with van der Waals surface area (Å²) in [6.07, 6.45) is 1.17. The van der Waals surface area contributed by atoms with E-state index in [2.05, 4.69) is 0 Å². The molecule has 0 bridgehead atoms. The number of amides is 2. The van der Waals surface area contributed by atoms with Gasteiger partial charge in [0.25, 0.3) is 0 Å². The first-order valence-electron chi connectivity index (χ1n) is 4.14. The molecule has 0 radical (unpaired) electrons. The van der Waals surface area contributed by atoms with E-state index in [-0.39, 0.29) is 11.8 Å². The van der Waals surface area contributed by atoms with E-state index in [4.69, 9.17) is 5.73 Å². The molecule has 0 rings (SSSR count). The summed E-state index contributed by atoms with van der Waals surface area (Å²) < 4.78 is 0. The summed E-state index contributed by atoms with van der Waals surface area (Å²) >= 11 is 0. The van der Waals surface area contributed by atoms with Gasteiger partial charge in [-0.1, -0.05) is 6.92 Å². The fraction of sp³-hybridized carbons (Fsp3) is 0.750. The molecule has 0 atom stereocenters. The van der Waals surface area contributed by atoms with Crippen molar-refractivity contribution in [3.8, 4) is 0 Å². The first kappa shape index (κ1) is 11.1. The van der Waals surface area contributed by atoms with Gasteiger partial charge < -0.3 is 5.73 Å². The van der Waals surface area contributed by atoms with Gasteiger partial charge in [-0.3, -0.25) is 14.5 Å². The fourth-order valence-corrected chi connectivity index (χ4v) is 0.936. The number of imide groups is 1. The molecule has 0 aliphatic carbocycles. The topological polar surface area (TPSA) is 63.4 Å². The van der Waals surface area contributed by atoms with Crippen molar-refractivity contribution >= 4 is 11.8 Å². The zero-order valence-corrected chi connectivity index (χ0v) is 7.67. The largest absolute Gasteiger partial charge is 0.329 e. The Morgan fingerprint density at radius 1 is 1.42 bits per heavy atom. The highest BCUT2D eigenvalue weighted by molar-refractivity contribution is 5.94. The number of carbonyl (C=O) groups excluding carboxylic acids is 2. The molecular weight excluding hydrogens is 156 g/mol. The van der Waals surface area contributed by atoms with E-state index in [0.717, 1.165) is 6.42 Å². The van der Waals surface area contributed by atoms with Crippen molar-refractivity contribution in [3.63, 3.8) is 0 Å². The van der Waals surface area contributed by atoms with Crippen LogP contribution >= 0.6 is 0 Å². The van der Waals surface area contributed by atoms with Gasteiger partial charge in [0.15, 0.2) is 0 Å². The van der Waals surface area contributed by atoms with Crippen LogP contribution in [0.3, 0.4) is 0 Å². The third-order valence-electron chi connectivity index (χ3n) is 1.50. The number of carbonyl (C=O) groups is 2. The summed E-state index contributed by atoms with van der Waals surface area (Å²) in [5.41, 5.74) is 5.26. The monoisotopic (exact) mass is 172 g/mol. The molecule has 0 saturated carbocycles. The van der Waals surface area contributed by atoms with E-state index in [0.29, 0.717) is 19.5 Å². The minimum absolute atomic E-state index is 0.129. The highest BCUT2D eigenvalue weighted by atomic mass is 16.2. The van der Waals surface area contributed by atoms with Crippen LogP contribution in [0.5, 0.6) is 0 Å².